The van der Waals surface area contributed by atoms with Crippen LogP contribution in [-0.2, 0) is 0 Å². The Balaban J connectivity index is 2.55. The topological polar surface area (TPSA) is 78.0 Å². The van der Waals surface area contributed by atoms with Gasteiger partial charge < -0.3 is 15.4 Å². The van der Waals surface area contributed by atoms with Crippen molar-refractivity contribution in [2.75, 3.05) is 5.32 Å². The van der Waals surface area contributed by atoms with Gasteiger partial charge in [0.15, 0.2) is 10.8 Å². The standard InChI is InChI=1S/C9H11N3O2S/c1-4(2)10-9-12-8-7(15-9)5(13)3-6(14)11-8/h3-4H,1-2H3,(H3,10,11,12,13,14). The number of H-pyrrole nitrogens is 1. The molecule has 0 unspecified atom stereocenters. The molecule has 6 heteroatoms. The number of nitrogens with zero attached hydrogens (tertiary/aromatic N) is 1. The Labute approximate surface area is 89.8 Å². The summed E-state index contributed by atoms with van der Waals surface area (Å²) in [4.78, 5) is 17.8. The molecule has 2 rings (SSSR count). The number of anilines is 1. The zero-order chi connectivity index (χ0) is 11.0. The van der Waals surface area contributed by atoms with E-state index in [-0.39, 0.29) is 17.4 Å². The molecule has 3 N–H and O–H groups in total. The maximum Gasteiger partial charge on any atom is 0.253 e. The van der Waals surface area contributed by atoms with Gasteiger partial charge in [-0.25, -0.2) is 4.98 Å². The van der Waals surface area contributed by atoms with E-state index in [1.54, 1.807) is 0 Å². The first kappa shape index (κ1) is 9.97. The van der Waals surface area contributed by atoms with E-state index in [9.17, 15) is 9.90 Å². The van der Waals surface area contributed by atoms with Gasteiger partial charge in [-0.1, -0.05) is 11.3 Å². The van der Waals surface area contributed by atoms with Crippen molar-refractivity contribution in [1.82, 2.24) is 9.97 Å². The summed E-state index contributed by atoms with van der Waals surface area (Å²) in [7, 11) is 0. The lowest BCUT2D eigenvalue weighted by atomic mass is 10.4. The third kappa shape index (κ3) is 1.94. The van der Waals surface area contributed by atoms with Crippen molar-refractivity contribution in [3.63, 3.8) is 0 Å². The van der Waals surface area contributed by atoms with Crippen LogP contribution in [0.15, 0.2) is 10.9 Å². The molecule has 0 amide bonds. The highest BCUT2D eigenvalue weighted by Crippen LogP contribution is 2.30. The summed E-state index contributed by atoms with van der Waals surface area (Å²) in [5, 5.41) is 13.3. The molecule has 0 saturated carbocycles. The van der Waals surface area contributed by atoms with Crippen LogP contribution in [-0.4, -0.2) is 21.1 Å². The number of pyridine rings is 1. The lowest BCUT2D eigenvalue weighted by Gasteiger charge is -2.03. The Morgan fingerprint density at radius 3 is 3.00 bits per heavy atom. The quantitative estimate of drug-likeness (QED) is 0.724. The van der Waals surface area contributed by atoms with Gasteiger partial charge in [-0.15, -0.1) is 0 Å². The van der Waals surface area contributed by atoms with Gasteiger partial charge in [0.05, 0.1) is 0 Å². The lowest BCUT2D eigenvalue weighted by Crippen LogP contribution is -2.09. The molecule has 0 aromatic carbocycles. The van der Waals surface area contributed by atoms with Gasteiger partial charge in [-0.2, -0.15) is 0 Å². The van der Waals surface area contributed by atoms with Crippen LogP contribution < -0.4 is 10.9 Å². The number of aromatic amines is 1. The van der Waals surface area contributed by atoms with Gasteiger partial charge in [0.1, 0.15) is 10.4 Å². The molecule has 5 nitrogen and oxygen atoms in total. The van der Waals surface area contributed by atoms with Crippen LogP contribution in [0.25, 0.3) is 10.3 Å². The third-order valence-corrected chi connectivity index (χ3v) is 2.79. The van der Waals surface area contributed by atoms with E-state index < -0.39 is 0 Å². The second kappa shape index (κ2) is 3.54. The molecule has 80 valence electrons. The van der Waals surface area contributed by atoms with Crippen molar-refractivity contribution < 1.29 is 5.11 Å². The van der Waals surface area contributed by atoms with Crippen LogP contribution in [0.3, 0.4) is 0 Å². The lowest BCUT2D eigenvalue weighted by molar-refractivity contribution is 0.481. The fourth-order valence-corrected chi connectivity index (χ4v) is 2.21. The zero-order valence-electron chi connectivity index (χ0n) is 8.37. The number of hydrogen-bond acceptors (Lipinski definition) is 5. The van der Waals surface area contributed by atoms with E-state index in [1.807, 2.05) is 13.8 Å². The van der Waals surface area contributed by atoms with Crippen molar-refractivity contribution in [2.24, 2.45) is 0 Å². The Morgan fingerprint density at radius 1 is 1.60 bits per heavy atom. The second-order valence-corrected chi connectivity index (χ2v) is 4.51. The molecule has 0 fully saturated rings. The van der Waals surface area contributed by atoms with E-state index in [2.05, 4.69) is 15.3 Å². The SMILES string of the molecule is CC(C)Nc1nc2[nH]c(=O)cc(O)c2s1. The Morgan fingerprint density at radius 2 is 2.33 bits per heavy atom. The maximum atomic E-state index is 11.1. The summed E-state index contributed by atoms with van der Waals surface area (Å²) in [5.41, 5.74) is 0.0783. The average molecular weight is 225 g/mol. The molecule has 2 heterocycles. The highest BCUT2D eigenvalue weighted by molar-refractivity contribution is 7.22. The number of fused-ring (bicyclic) bond motifs is 1. The molecule has 0 saturated heterocycles. The normalized spacial score (nSPS) is 11.1. The highest BCUT2D eigenvalue weighted by atomic mass is 32.1. The molecule has 0 bridgehead atoms. The zero-order valence-corrected chi connectivity index (χ0v) is 9.18. The summed E-state index contributed by atoms with van der Waals surface area (Å²) in [6.45, 7) is 3.99. The van der Waals surface area contributed by atoms with Gasteiger partial charge in [-0.05, 0) is 13.8 Å². The smallest absolute Gasteiger partial charge is 0.253 e. The molecule has 0 radical (unpaired) electrons. The molecule has 15 heavy (non-hydrogen) atoms. The number of aromatic nitrogens is 2. The Hall–Kier alpha value is -1.56. The Kier molecular flexibility index (Phi) is 2.36. The Bertz CT molecular complexity index is 544. The second-order valence-electron chi connectivity index (χ2n) is 3.51. The minimum absolute atomic E-state index is 0.0249. The van der Waals surface area contributed by atoms with Gasteiger partial charge in [-0.3, -0.25) is 4.79 Å². The van der Waals surface area contributed by atoms with Crippen LogP contribution in [0.1, 0.15) is 13.8 Å². The first-order chi connectivity index (χ1) is 7.06. The van der Waals surface area contributed by atoms with Crippen molar-refractivity contribution in [1.29, 1.82) is 0 Å². The third-order valence-electron chi connectivity index (χ3n) is 1.78. The van der Waals surface area contributed by atoms with Crippen molar-refractivity contribution in [3.05, 3.63) is 16.4 Å². The molecular formula is C9H11N3O2S. The predicted molar refractivity (Wildman–Crippen MR) is 60.7 cm³/mol. The predicted octanol–water partition coefficient (Wildman–Crippen LogP) is 1.51. The minimum Gasteiger partial charge on any atom is -0.506 e. The summed E-state index contributed by atoms with van der Waals surface area (Å²) in [5.74, 6) is -0.0249. The minimum atomic E-state index is -0.346. The van der Waals surface area contributed by atoms with E-state index >= 15 is 0 Å². The summed E-state index contributed by atoms with van der Waals surface area (Å²) >= 11 is 1.32. The number of nitrogens with one attached hydrogen (secondary N) is 2. The van der Waals surface area contributed by atoms with E-state index in [0.717, 1.165) is 6.07 Å². The van der Waals surface area contributed by atoms with Crippen molar-refractivity contribution in [2.45, 2.75) is 19.9 Å². The monoisotopic (exact) mass is 225 g/mol. The van der Waals surface area contributed by atoms with Gasteiger partial charge in [0.25, 0.3) is 5.56 Å². The molecular weight excluding hydrogens is 214 g/mol. The van der Waals surface area contributed by atoms with Crippen molar-refractivity contribution >= 4 is 26.8 Å². The largest absolute Gasteiger partial charge is 0.506 e. The first-order valence-electron chi connectivity index (χ1n) is 4.55. The van der Waals surface area contributed by atoms with Gasteiger partial charge in [0.2, 0.25) is 0 Å². The molecule has 0 aliphatic carbocycles. The van der Waals surface area contributed by atoms with Crippen LogP contribution >= 0.6 is 11.3 Å². The van der Waals surface area contributed by atoms with Crippen LogP contribution in [0.5, 0.6) is 5.75 Å². The van der Waals surface area contributed by atoms with Crippen LogP contribution in [0, 0.1) is 0 Å². The van der Waals surface area contributed by atoms with Crippen LogP contribution in [0.2, 0.25) is 0 Å². The van der Waals surface area contributed by atoms with E-state index in [0.29, 0.717) is 15.5 Å². The number of hydrogen-bond donors (Lipinski definition) is 3. The summed E-state index contributed by atoms with van der Waals surface area (Å²) in [6.07, 6.45) is 0. The highest BCUT2D eigenvalue weighted by Gasteiger charge is 2.09. The number of thiazole rings is 1. The summed E-state index contributed by atoms with van der Waals surface area (Å²) in [6, 6.07) is 1.42. The van der Waals surface area contributed by atoms with Gasteiger partial charge >= 0.3 is 0 Å². The molecule has 0 atom stereocenters. The molecule has 2 aromatic rings. The fraction of sp³-hybridized carbons (Fsp3) is 0.333. The molecule has 2 aromatic heterocycles. The van der Waals surface area contributed by atoms with E-state index in [4.69, 9.17) is 0 Å². The molecule has 0 aliphatic heterocycles. The number of aromatic hydroxyl groups is 1. The fourth-order valence-electron chi connectivity index (χ4n) is 1.23. The summed E-state index contributed by atoms with van der Waals surface area (Å²) < 4.78 is 0.595. The van der Waals surface area contributed by atoms with Crippen LogP contribution in [0.4, 0.5) is 5.13 Å². The molecule has 0 aliphatic rings. The first-order valence-corrected chi connectivity index (χ1v) is 5.37. The average Bonchev–Trinajstić information content (AvgIpc) is 2.45. The van der Waals surface area contributed by atoms with Gasteiger partial charge in [0, 0.05) is 12.1 Å². The number of rotatable bonds is 2. The van der Waals surface area contributed by atoms with E-state index in [1.165, 1.54) is 11.3 Å². The molecule has 0 spiro atoms. The van der Waals surface area contributed by atoms with Crippen molar-refractivity contribution in [3.8, 4) is 5.75 Å². The maximum absolute atomic E-state index is 11.1.